The Morgan fingerprint density at radius 3 is 2.32 bits per heavy atom. The smallest absolute Gasteiger partial charge is 0.317 e. The van der Waals surface area contributed by atoms with Gasteiger partial charge in [-0.25, -0.2) is 14.8 Å². The molecule has 1 fully saturated rings. The molecule has 22 heavy (non-hydrogen) atoms. The number of hydrogen-bond donors (Lipinski definition) is 2. The molecule has 2 heterocycles. The highest BCUT2D eigenvalue weighted by Crippen LogP contribution is 2.12. The average Bonchev–Trinajstić information content (AvgIpc) is 2.46. The number of carboxylic acids is 1. The number of urea groups is 1. The van der Waals surface area contributed by atoms with E-state index in [0.29, 0.717) is 32.1 Å². The largest absolute Gasteiger partial charge is 0.481 e. The van der Waals surface area contributed by atoms with Crippen molar-refractivity contribution in [2.75, 3.05) is 37.6 Å². The minimum Gasteiger partial charge on any atom is -0.481 e. The van der Waals surface area contributed by atoms with Gasteiger partial charge < -0.3 is 20.2 Å². The van der Waals surface area contributed by atoms with Crippen LogP contribution in [0.3, 0.4) is 0 Å². The second-order valence-electron chi connectivity index (χ2n) is 5.30. The highest BCUT2D eigenvalue weighted by atomic mass is 16.4. The van der Waals surface area contributed by atoms with Crippen LogP contribution in [0.4, 0.5) is 10.7 Å². The summed E-state index contributed by atoms with van der Waals surface area (Å²) < 4.78 is 0. The third-order valence-corrected chi connectivity index (χ3v) is 3.44. The molecule has 1 aromatic heterocycles. The Morgan fingerprint density at radius 1 is 1.18 bits per heavy atom. The first kappa shape index (κ1) is 16.0. The Labute approximate surface area is 129 Å². The summed E-state index contributed by atoms with van der Waals surface area (Å²) in [4.78, 5) is 34.9. The fourth-order valence-electron chi connectivity index (χ4n) is 2.35. The second kappa shape index (κ2) is 7.06. The number of anilines is 1. The fourth-order valence-corrected chi connectivity index (χ4v) is 2.35. The zero-order valence-corrected chi connectivity index (χ0v) is 12.9. The average molecular weight is 307 g/mol. The minimum atomic E-state index is -0.919. The summed E-state index contributed by atoms with van der Waals surface area (Å²) in [5.74, 6) is -0.222. The molecule has 0 aromatic carbocycles. The lowest BCUT2D eigenvalue weighted by Gasteiger charge is -2.34. The van der Waals surface area contributed by atoms with Crippen molar-refractivity contribution in [3.8, 4) is 0 Å². The van der Waals surface area contributed by atoms with Crippen LogP contribution in [-0.2, 0) is 4.79 Å². The molecule has 0 atom stereocenters. The number of carbonyl (C=O) groups is 2. The Bertz CT molecular complexity index is 535. The number of nitrogens with one attached hydrogen (secondary N) is 1. The van der Waals surface area contributed by atoms with Gasteiger partial charge in [-0.05, 0) is 19.9 Å². The summed E-state index contributed by atoms with van der Waals surface area (Å²) in [6.07, 6.45) is -0.0673. The summed E-state index contributed by atoms with van der Waals surface area (Å²) in [7, 11) is 0. The van der Waals surface area contributed by atoms with Gasteiger partial charge in [0, 0.05) is 44.1 Å². The Hall–Kier alpha value is -2.38. The van der Waals surface area contributed by atoms with Crippen LogP contribution in [0, 0.1) is 13.8 Å². The molecule has 1 aliphatic heterocycles. The molecule has 1 aromatic rings. The van der Waals surface area contributed by atoms with Crippen LogP contribution >= 0.6 is 0 Å². The van der Waals surface area contributed by atoms with Crippen LogP contribution in [0.1, 0.15) is 17.8 Å². The zero-order valence-electron chi connectivity index (χ0n) is 12.9. The first-order valence-corrected chi connectivity index (χ1v) is 7.27. The third-order valence-electron chi connectivity index (χ3n) is 3.44. The van der Waals surface area contributed by atoms with E-state index >= 15 is 0 Å². The SMILES string of the molecule is Cc1cc(C)nc(N2CCN(C(=O)NCCC(=O)O)CC2)n1. The van der Waals surface area contributed by atoms with E-state index in [1.165, 1.54) is 0 Å². The van der Waals surface area contributed by atoms with E-state index in [9.17, 15) is 9.59 Å². The molecule has 2 rings (SSSR count). The molecule has 0 unspecified atom stereocenters. The second-order valence-corrected chi connectivity index (χ2v) is 5.30. The Kier molecular flexibility index (Phi) is 5.13. The van der Waals surface area contributed by atoms with E-state index in [4.69, 9.17) is 5.11 Å². The molecule has 1 saturated heterocycles. The van der Waals surface area contributed by atoms with Crippen LogP contribution in [0.2, 0.25) is 0 Å². The molecule has 0 saturated carbocycles. The number of amides is 2. The van der Waals surface area contributed by atoms with Crippen LogP contribution in [0.5, 0.6) is 0 Å². The van der Waals surface area contributed by atoms with Gasteiger partial charge in [0.2, 0.25) is 5.95 Å². The van der Waals surface area contributed by atoms with Crippen molar-refractivity contribution in [2.24, 2.45) is 0 Å². The van der Waals surface area contributed by atoms with Crippen LogP contribution in [0.15, 0.2) is 6.07 Å². The number of carboxylic acid groups (broad SMARTS) is 1. The highest BCUT2D eigenvalue weighted by molar-refractivity contribution is 5.75. The van der Waals surface area contributed by atoms with E-state index in [1.807, 2.05) is 19.9 Å². The number of carbonyl (C=O) groups excluding carboxylic acids is 1. The number of hydrogen-bond acceptors (Lipinski definition) is 5. The van der Waals surface area contributed by atoms with Gasteiger partial charge in [-0.15, -0.1) is 0 Å². The van der Waals surface area contributed by atoms with Gasteiger partial charge in [0.1, 0.15) is 0 Å². The predicted molar refractivity (Wildman–Crippen MR) is 80.9 cm³/mol. The number of aryl methyl sites for hydroxylation is 2. The lowest BCUT2D eigenvalue weighted by Crippen LogP contribution is -2.52. The number of nitrogens with zero attached hydrogens (tertiary/aromatic N) is 4. The monoisotopic (exact) mass is 307 g/mol. The third kappa shape index (κ3) is 4.31. The van der Waals surface area contributed by atoms with Crippen molar-refractivity contribution in [1.29, 1.82) is 0 Å². The summed E-state index contributed by atoms with van der Waals surface area (Å²) in [5.41, 5.74) is 1.85. The van der Waals surface area contributed by atoms with Gasteiger partial charge in [0.05, 0.1) is 6.42 Å². The number of aliphatic carboxylic acids is 1. The van der Waals surface area contributed by atoms with E-state index in [1.54, 1.807) is 4.90 Å². The molecular weight excluding hydrogens is 286 g/mol. The molecule has 0 bridgehead atoms. The lowest BCUT2D eigenvalue weighted by molar-refractivity contribution is -0.136. The molecule has 8 heteroatoms. The van der Waals surface area contributed by atoms with Crippen molar-refractivity contribution in [2.45, 2.75) is 20.3 Å². The van der Waals surface area contributed by atoms with Crippen LogP contribution in [0.25, 0.3) is 0 Å². The van der Waals surface area contributed by atoms with E-state index in [-0.39, 0.29) is 19.0 Å². The van der Waals surface area contributed by atoms with Crippen molar-refractivity contribution < 1.29 is 14.7 Å². The fraction of sp³-hybridized carbons (Fsp3) is 0.571. The molecule has 0 radical (unpaired) electrons. The van der Waals surface area contributed by atoms with Crippen molar-refractivity contribution in [3.63, 3.8) is 0 Å². The molecule has 2 amide bonds. The van der Waals surface area contributed by atoms with Crippen molar-refractivity contribution >= 4 is 17.9 Å². The van der Waals surface area contributed by atoms with Gasteiger partial charge in [0.15, 0.2) is 0 Å². The van der Waals surface area contributed by atoms with Crippen molar-refractivity contribution in [3.05, 3.63) is 17.5 Å². The molecule has 120 valence electrons. The number of rotatable bonds is 4. The molecule has 1 aliphatic rings. The molecule has 2 N–H and O–H groups in total. The summed E-state index contributed by atoms with van der Waals surface area (Å²) in [5, 5.41) is 11.2. The first-order chi connectivity index (χ1) is 10.5. The molecule has 0 spiro atoms. The topological polar surface area (TPSA) is 98.7 Å². The quantitative estimate of drug-likeness (QED) is 0.835. The van der Waals surface area contributed by atoms with E-state index < -0.39 is 5.97 Å². The predicted octanol–water partition coefficient (Wildman–Crippen LogP) is 0.400. The molecule has 8 nitrogen and oxygen atoms in total. The van der Waals surface area contributed by atoms with Gasteiger partial charge in [-0.2, -0.15) is 0 Å². The Morgan fingerprint density at radius 2 is 1.77 bits per heavy atom. The minimum absolute atomic E-state index is 0.0673. The summed E-state index contributed by atoms with van der Waals surface area (Å²) >= 11 is 0. The maximum Gasteiger partial charge on any atom is 0.317 e. The standard InChI is InChI=1S/C14H21N5O3/c1-10-9-11(2)17-13(16-10)18-5-7-19(8-6-18)14(22)15-4-3-12(20)21/h9H,3-8H2,1-2H3,(H,15,22)(H,20,21). The summed E-state index contributed by atoms with van der Waals surface area (Å²) in [6.45, 7) is 6.47. The van der Waals surface area contributed by atoms with Gasteiger partial charge >= 0.3 is 12.0 Å². The van der Waals surface area contributed by atoms with Gasteiger partial charge in [-0.3, -0.25) is 4.79 Å². The highest BCUT2D eigenvalue weighted by Gasteiger charge is 2.22. The lowest BCUT2D eigenvalue weighted by atomic mass is 10.3. The number of piperazine rings is 1. The normalized spacial score (nSPS) is 14.8. The van der Waals surface area contributed by atoms with Crippen LogP contribution in [-0.4, -0.2) is 64.7 Å². The maximum absolute atomic E-state index is 11.9. The first-order valence-electron chi connectivity index (χ1n) is 7.27. The molecule has 0 aliphatic carbocycles. The zero-order chi connectivity index (χ0) is 16.1. The van der Waals surface area contributed by atoms with E-state index in [0.717, 1.165) is 11.4 Å². The summed E-state index contributed by atoms with van der Waals surface area (Å²) in [6, 6.07) is 1.71. The maximum atomic E-state index is 11.9. The van der Waals surface area contributed by atoms with Crippen LogP contribution < -0.4 is 10.2 Å². The number of aromatic nitrogens is 2. The van der Waals surface area contributed by atoms with Crippen molar-refractivity contribution in [1.82, 2.24) is 20.2 Å². The van der Waals surface area contributed by atoms with Gasteiger partial charge in [0.25, 0.3) is 0 Å². The Balaban J connectivity index is 1.84. The molecular formula is C14H21N5O3. The van der Waals surface area contributed by atoms with E-state index in [2.05, 4.69) is 20.2 Å². The van der Waals surface area contributed by atoms with Gasteiger partial charge in [-0.1, -0.05) is 0 Å².